The molecule has 1 unspecified atom stereocenters. The number of nitrogens with one attached hydrogen (secondary N) is 1. The highest BCUT2D eigenvalue weighted by Crippen LogP contribution is 2.26. The summed E-state index contributed by atoms with van der Waals surface area (Å²) in [6.45, 7) is 7.26. The molecule has 96 valence electrons. The second-order valence-corrected chi connectivity index (χ2v) is 6.92. The van der Waals surface area contributed by atoms with Crippen LogP contribution in [-0.4, -0.2) is 14.4 Å². The molecule has 0 bridgehead atoms. The maximum atomic E-state index is 13.1. The third kappa shape index (κ3) is 3.87. The Labute approximate surface area is 104 Å². The molecule has 2 N–H and O–H groups in total. The molecule has 17 heavy (non-hydrogen) atoms. The van der Waals surface area contributed by atoms with Crippen LogP contribution in [0, 0.1) is 5.82 Å². The fourth-order valence-electron chi connectivity index (χ4n) is 1.27. The summed E-state index contributed by atoms with van der Waals surface area (Å²) in [4.78, 5) is 0. The van der Waals surface area contributed by atoms with Gasteiger partial charge in [0.15, 0.2) is 0 Å². The van der Waals surface area contributed by atoms with Crippen LogP contribution in [0.15, 0.2) is 18.2 Å². The molecule has 0 aliphatic rings. The summed E-state index contributed by atoms with van der Waals surface area (Å²) in [6, 6.07) is 3.34. The van der Waals surface area contributed by atoms with E-state index in [0.29, 0.717) is 5.56 Å². The zero-order chi connectivity index (χ0) is 13.2. The summed E-state index contributed by atoms with van der Waals surface area (Å²) in [5.74, 6) is -0.426. The van der Waals surface area contributed by atoms with E-state index in [9.17, 15) is 14.0 Å². The van der Waals surface area contributed by atoms with Crippen molar-refractivity contribution in [2.75, 3.05) is 0 Å². The fraction of sp³-hybridized carbons (Fsp3) is 0.500. The molecular weight excluding hydrogens is 241 g/mol. The molecular formula is C12H18FNO2S. The summed E-state index contributed by atoms with van der Waals surface area (Å²) in [5, 5.41) is 9.62. The Morgan fingerprint density at radius 2 is 2.00 bits per heavy atom. The van der Waals surface area contributed by atoms with Crippen LogP contribution in [0.5, 0.6) is 5.75 Å². The van der Waals surface area contributed by atoms with Gasteiger partial charge in [0.1, 0.15) is 16.3 Å². The predicted octanol–water partition coefficient (Wildman–Crippen LogP) is 2.64. The van der Waals surface area contributed by atoms with Crippen molar-refractivity contribution in [1.82, 2.24) is 4.72 Å². The highest BCUT2D eigenvalue weighted by Gasteiger charge is 2.29. The first-order valence-corrected chi connectivity index (χ1v) is 6.53. The smallest absolute Gasteiger partial charge is 0.136 e. The molecule has 1 aromatic rings. The predicted molar refractivity (Wildman–Crippen MR) is 67.5 cm³/mol. The van der Waals surface area contributed by atoms with Crippen LogP contribution in [0.4, 0.5) is 4.39 Å². The van der Waals surface area contributed by atoms with Crippen molar-refractivity contribution in [1.29, 1.82) is 0 Å². The van der Waals surface area contributed by atoms with Crippen LogP contribution in [0.25, 0.3) is 0 Å². The first kappa shape index (κ1) is 14.3. The molecule has 1 aromatic carbocycles. The van der Waals surface area contributed by atoms with Crippen molar-refractivity contribution in [2.24, 2.45) is 0 Å². The molecule has 0 aliphatic heterocycles. The van der Waals surface area contributed by atoms with Crippen molar-refractivity contribution >= 4 is 11.4 Å². The van der Waals surface area contributed by atoms with E-state index in [1.54, 1.807) is 6.92 Å². The Bertz CT molecular complexity index is 393. The number of hydrogen-bond donors (Lipinski definition) is 2. The second-order valence-electron chi connectivity index (χ2n) is 4.92. The summed E-state index contributed by atoms with van der Waals surface area (Å²) < 4.78 is 27.4. The van der Waals surface area contributed by atoms with E-state index in [0.717, 1.165) is 0 Å². The van der Waals surface area contributed by atoms with Gasteiger partial charge < -0.3 is 9.66 Å². The Morgan fingerprint density at radius 1 is 1.41 bits per heavy atom. The number of hydrogen-bond acceptors (Lipinski definition) is 3. The fourth-order valence-corrected chi connectivity index (χ4v) is 2.07. The molecule has 0 spiro atoms. The number of rotatable bonds is 3. The third-order valence-corrected chi connectivity index (χ3v) is 3.98. The molecule has 0 aliphatic carbocycles. The minimum atomic E-state index is -1.27. The maximum Gasteiger partial charge on any atom is 0.136 e. The molecule has 2 atom stereocenters. The Kier molecular flexibility index (Phi) is 4.41. The minimum absolute atomic E-state index is 0.00249. The SMILES string of the molecule is CC(N[S@@+]([O-])C(C)(C)C)c1cc(F)ccc1O. The molecule has 0 radical (unpaired) electrons. The molecule has 1 rings (SSSR count). The monoisotopic (exact) mass is 259 g/mol. The zero-order valence-electron chi connectivity index (χ0n) is 10.5. The van der Waals surface area contributed by atoms with E-state index in [2.05, 4.69) is 4.72 Å². The summed E-state index contributed by atoms with van der Waals surface area (Å²) in [5.41, 5.74) is 0.405. The van der Waals surface area contributed by atoms with E-state index < -0.39 is 21.9 Å². The lowest BCUT2D eigenvalue weighted by molar-refractivity contribution is 0.456. The first-order valence-electron chi connectivity index (χ1n) is 5.38. The van der Waals surface area contributed by atoms with Gasteiger partial charge in [-0.15, -0.1) is 4.72 Å². The van der Waals surface area contributed by atoms with Crippen molar-refractivity contribution < 1.29 is 14.0 Å². The summed E-state index contributed by atoms with van der Waals surface area (Å²) >= 11 is -1.27. The maximum absolute atomic E-state index is 13.1. The number of halogens is 1. The average Bonchev–Trinajstić information content (AvgIpc) is 2.20. The van der Waals surface area contributed by atoms with Gasteiger partial charge in [0.25, 0.3) is 0 Å². The van der Waals surface area contributed by atoms with Crippen LogP contribution in [0.1, 0.15) is 39.3 Å². The topological polar surface area (TPSA) is 55.3 Å². The lowest BCUT2D eigenvalue weighted by Gasteiger charge is -2.26. The largest absolute Gasteiger partial charge is 0.598 e. The zero-order valence-corrected chi connectivity index (χ0v) is 11.3. The molecule has 0 heterocycles. The number of aromatic hydroxyl groups is 1. The first-order chi connectivity index (χ1) is 7.71. The molecule has 0 fully saturated rings. The van der Waals surface area contributed by atoms with Gasteiger partial charge in [0.2, 0.25) is 0 Å². The van der Waals surface area contributed by atoms with Gasteiger partial charge in [-0.1, -0.05) is 0 Å². The second kappa shape index (κ2) is 5.25. The highest BCUT2D eigenvalue weighted by molar-refractivity contribution is 7.90. The van der Waals surface area contributed by atoms with E-state index in [1.807, 2.05) is 20.8 Å². The Morgan fingerprint density at radius 3 is 2.53 bits per heavy atom. The van der Waals surface area contributed by atoms with Gasteiger partial charge >= 0.3 is 0 Å². The minimum Gasteiger partial charge on any atom is -0.598 e. The van der Waals surface area contributed by atoms with Crippen LogP contribution >= 0.6 is 0 Å². The lowest BCUT2D eigenvalue weighted by atomic mass is 10.1. The van der Waals surface area contributed by atoms with Gasteiger partial charge in [-0.05, 0) is 45.9 Å². The van der Waals surface area contributed by atoms with Gasteiger partial charge in [0.05, 0.1) is 6.04 Å². The molecule has 0 saturated carbocycles. The Hall–Kier alpha value is -0.780. The normalized spacial score (nSPS) is 15.6. The van der Waals surface area contributed by atoms with Gasteiger partial charge in [-0.3, -0.25) is 0 Å². The molecule has 0 amide bonds. The van der Waals surface area contributed by atoms with Gasteiger partial charge in [0, 0.05) is 16.9 Å². The lowest BCUT2D eigenvalue weighted by Crippen LogP contribution is -2.40. The Balaban J connectivity index is 2.83. The quantitative estimate of drug-likeness (QED) is 0.820. The van der Waals surface area contributed by atoms with E-state index in [-0.39, 0.29) is 11.8 Å². The van der Waals surface area contributed by atoms with E-state index in [1.165, 1.54) is 18.2 Å². The van der Waals surface area contributed by atoms with Crippen molar-refractivity contribution in [3.63, 3.8) is 0 Å². The van der Waals surface area contributed by atoms with Crippen molar-refractivity contribution in [3.05, 3.63) is 29.6 Å². The van der Waals surface area contributed by atoms with Gasteiger partial charge in [-0.2, -0.15) is 0 Å². The third-order valence-electron chi connectivity index (χ3n) is 2.30. The van der Waals surface area contributed by atoms with E-state index in [4.69, 9.17) is 0 Å². The number of benzene rings is 1. The highest BCUT2D eigenvalue weighted by atomic mass is 32.2. The van der Waals surface area contributed by atoms with Crippen molar-refractivity contribution in [3.8, 4) is 5.75 Å². The van der Waals surface area contributed by atoms with Gasteiger partial charge in [-0.25, -0.2) is 4.39 Å². The van der Waals surface area contributed by atoms with Crippen LogP contribution in [0.2, 0.25) is 0 Å². The molecule has 0 aromatic heterocycles. The summed E-state index contributed by atoms with van der Waals surface area (Å²) in [7, 11) is 0. The van der Waals surface area contributed by atoms with Crippen LogP contribution in [-0.2, 0) is 11.4 Å². The van der Waals surface area contributed by atoms with Crippen LogP contribution in [0.3, 0.4) is 0 Å². The molecule has 5 heteroatoms. The molecule has 0 saturated heterocycles. The van der Waals surface area contributed by atoms with Crippen molar-refractivity contribution in [2.45, 2.75) is 38.5 Å². The molecule has 3 nitrogen and oxygen atoms in total. The average molecular weight is 259 g/mol. The number of phenols is 1. The number of phenolic OH excluding ortho intramolecular Hbond substituents is 1. The summed E-state index contributed by atoms with van der Waals surface area (Å²) in [6.07, 6.45) is 0. The standard InChI is InChI=1S/C12H18FNO2S/c1-8(14-17(16)12(2,3)4)10-7-9(13)5-6-11(10)15/h5-8,14-15H,1-4H3/t8?,17-/m0/s1. The van der Waals surface area contributed by atoms with Crippen LogP contribution < -0.4 is 4.72 Å². The van der Waals surface area contributed by atoms with E-state index >= 15 is 0 Å².